The van der Waals surface area contributed by atoms with Crippen LogP contribution in [0.15, 0.2) is 83.9 Å². The number of fused-ring (bicyclic) bond motifs is 1. The highest BCUT2D eigenvalue weighted by molar-refractivity contribution is 6.34. The molecule has 8 nitrogen and oxygen atoms in total. The van der Waals surface area contributed by atoms with E-state index in [1.165, 1.54) is 24.4 Å². The fraction of sp³-hybridized carbons (Fsp3) is 0.0357. The molecule has 4 N–H and O–H groups in total. The third-order valence-electron chi connectivity index (χ3n) is 5.80. The molecule has 0 bridgehead atoms. The van der Waals surface area contributed by atoms with Crippen LogP contribution in [0.25, 0.3) is 17.7 Å². The highest BCUT2D eigenvalue weighted by atomic mass is 19.2. The first-order valence-electron chi connectivity index (χ1n) is 11.6. The molecular weight excluding hydrogens is 492 g/mol. The summed E-state index contributed by atoms with van der Waals surface area (Å²) in [4.78, 5) is 40.7. The van der Waals surface area contributed by atoms with E-state index in [4.69, 9.17) is 0 Å². The van der Waals surface area contributed by atoms with Crippen molar-refractivity contribution in [3.8, 4) is 0 Å². The topological polar surface area (TPSA) is 108 Å². The molecule has 5 rings (SSSR count). The maximum Gasteiger partial charge on any atom is 0.281 e. The largest absolute Gasteiger partial charge is 0.362 e. The summed E-state index contributed by atoms with van der Waals surface area (Å²) in [7, 11) is 0. The third-order valence-corrected chi connectivity index (χ3v) is 5.80. The molecule has 190 valence electrons. The van der Waals surface area contributed by atoms with Crippen LogP contribution in [-0.4, -0.2) is 28.0 Å². The minimum absolute atomic E-state index is 0.127. The Labute approximate surface area is 215 Å². The highest BCUT2D eigenvalue weighted by Gasteiger charge is 2.24. The Morgan fingerprint density at radius 1 is 1.00 bits per heavy atom. The molecule has 0 aliphatic carbocycles. The summed E-state index contributed by atoms with van der Waals surface area (Å²) in [6, 6.07) is 15.2. The van der Waals surface area contributed by atoms with Crippen LogP contribution in [0.5, 0.6) is 0 Å². The van der Waals surface area contributed by atoms with Crippen LogP contribution in [0.1, 0.15) is 27.2 Å². The number of halogens is 2. The van der Waals surface area contributed by atoms with Gasteiger partial charge in [-0.2, -0.15) is 0 Å². The predicted octanol–water partition coefficient (Wildman–Crippen LogP) is 4.27. The van der Waals surface area contributed by atoms with E-state index in [0.717, 1.165) is 33.6 Å². The van der Waals surface area contributed by atoms with E-state index in [-0.39, 0.29) is 23.7 Å². The molecule has 0 atom stereocenters. The van der Waals surface area contributed by atoms with Gasteiger partial charge in [0.1, 0.15) is 5.56 Å². The lowest BCUT2D eigenvalue weighted by molar-refractivity contribution is -0.110. The molecule has 0 unspecified atom stereocenters. The van der Waals surface area contributed by atoms with Crippen LogP contribution < -0.4 is 21.6 Å². The zero-order chi connectivity index (χ0) is 26.6. The standard InChI is InChI=1S/C28H21F2N5O3/c29-23-10-8-19(16-24(23)30)34-35-13-3-6-21(28(35)38)26(36)32-12-1-4-17-7-9-20-22(15-18-5-2-11-31-18)27(37)33-25(20)14-17/h1-11,13-16,31,34H,12H2,(H,32,36)(H,33,37)/b4-1+,22-15?. The number of aromatic amines is 1. The summed E-state index contributed by atoms with van der Waals surface area (Å²) >= 11 is 0. The lowest BCUT2D eigenvalue weighted by atomic mass is 10.0. The monoisotopic (exact) mass is 513 g/mol. The smallest absolute Gasteiger partial charge is 0.281 e. The van der Waals surface area contributed by atoms with E-state index in [2.05, 4.69) is 21.0 Å². The second-order valence-electron chi connectivity index (χ2n) is 8.39. The average molecular weight is 514 g/mol. The number of hydrogen-bond donors (Lipinski definition) is 4. The maximum absolute atomic E-state index is 13.5. The van der Waals surface area contributed by atoms with Gasteiger partial charge in [-0.1, -0.05) is 24.3 Å². The molecule has 0 radical (unpaired) electrons. The second kappa shape index (κ2) is 10.4. The number of nitrogens with one attached hydrogen (secondary N) is 4. The SMILES string of the molecule is O=C1Nc2cc(/C=C/CNC(=O)c3cccn(Nc4ccc(F)c(F)c4)c3=O)ccc2C1=Cc1ccc[nH]1. The summed E-state index contributed by atoms with van der Waals surface area (Å²) in [5, 5.41) is 5.51. The van der Waals surface area contributed by atoms with Gasteiger partial charge in [0, 0.05) is 41.9 Å². The molecular formula is C28H21F2N5O3. The highest BCUT2D eigenvalue weighted by Crippen LogP contribution is 2.33. The Morgan fingerprint density at radius 3 is 2.66 bits per heavy atom. The summed E-state index contributed by atoms with van der Waals surface area (Å²) in [5.74, 6) is -2.86. The number of H-pyrrole nitrogens is 1. The van der Waals surface area contributed by atoms with Crippen molar-refractivity contribution in [1.29, 1.82) is 0 Å². The van der Waals surface area contributed by atoms with Gasteiger partial charge in [0.2, 0.25) is 0 Å². The molecule has 0 saturated heterocycles. The normalized spacial score (nSPS) is 13.5. The number of rotatable bonds is 7. The Balaban J connectivity index is 1.22. The number of amides is 2. The third kappa shape index (κ3) is 5.14. The molecule has 4 aromatic rings. The fourth-order valence-corrected chi connectivity index (χ4v) is 3.95. The minimum atomic E-state index is -1.07. The van der Waals surface area contributed by atoms with Gasteiger partial charge in [-0.05, 0) is 54.1 Å². The van der Waals surface area contributed by atoms with E-state index in [9.17, 15) is 23.2 Å². The van der Waals surface area contributed by atoms with Gasteiger partial charge in [0.05, 0.1) is 11.3 Å². The summed E-state index contributed by atoms with van der Waals surface area (Å²) in [6.07, 6.45) is 8.44. The van der Waals surface area contributed by atoms with Gasteiger partial charge in [-0.15, -0.1) is 0 Å². The van der Waals surface area contributed by atoms with Crippen molar-refractivity contribution >= 4 is 40.9 Å². The number of pyridine rings is 1. The van der Waals surface area contributed by atoms with Gasteiger partial charge < -0.3 is 15.6 Å². The van der Waals surface area contributed by atoms with Crippen LogP contribution in [0.4, 0.5) is 20.2 Å². The number of carbonyl (C=O) groups is 2. The van der Waals surface area contributed by atoms with Crippen molar-refractivity contribution in [2.45, 2.75) is 0 Å². The van der Waals surface area contributed by atoms with Crippen LogP contribution in [0, 0.1) is 11.6 Å². The zero-order valence-corrected chi connectivity index (χ0v) is 19.8. The maximum atomic E-state index is 13.5. The van der Waals surface area contributed by atoms with E-state index in [1.807, 2.05) is 30.3 Å². The minimum Gasteiger partial charge on any atom is -0.362 e. The predicted molar refractivity (Wildman–Crippen MR) is 141 cm³/mol. The molecule has 10 heteroatoms. The molecule has 0 saturated carbocycles. The first-order valence-corrected chi connectivity index (χ1v) is 11.6. The molecule has 1 aliphatic heterocycles. The van der Waals surface area contributed by atoms with Gasteiger partial charge >= 0.3 is 0 Å². The van der Waals surface area contributed by atoms with Gasteiger partial charge in [-0.3, -0.25) is 19.8 Å². The van der Waals surface area contributed by atoms with Crippen molar-refractivity contribution in [2.75, 3.05) is 17.3 Å². The number of anilines is 2. The zero-order valence-electron chi connectivity index (χ0n) is 19.8. The van der Waals surface area contributed by atoms with Gasteiger partial charge in [0.25, 0.3) is 17.4 Å². The molecule has 2 aromatic heterocycles. The fourth-order valence-electron chi connectivity index (χ4n) is 3.95. The van der Waals surface area contributed by atoms with Crippen molar-refractivity contribution < 1.29 is 18.4 Å². The van der Waals surface area contributed by atoms with E-state index in [0.29, 0.717) is 11.3 Å². The van der Waals surface area contributed by atoms with Crippen LogP contribution in [0.2, 0.25) is 0 Å². The summed E-state index contributed by atoms with van der Waals surface area (Å²) < 4.78 is 27.6. The number of carbonyl (C=O) groups excluding carboxylic acids is 2. The van der Waals surface area contributed by atoms with Crippen LogP contribution >= 0.6 is 0 Å². The van der Waals surface area contributed by atoms with Crippen molar-refractivity contribution in [2.24, 2.45) is 0 Å². The molecule has 2 amide bonds. The Hall–Kier alpha value is -5.25. The molecule has 2 aromatic carbocycles. The number of hydrogen-bond acceptors (Lipinski definition) is 4. The Bertz CT molecular complexity index is 1660. The quantitative estimate of drug-likeness (QED) is 0.277. The van der Waals surface area contributed by atoms with E-state index >= 15 is 0 Å². The van der Waals surface area contributed by atoms with Crippen molar-refractivity contribution in [3.63, 3.8) is 0 Å². The second-order valence-corrected chi connectivity index (χ2v) is 8.39. The molecule has 0 spiro atoms. The van der Waals surface area contributed by atoms with Crippen LogP contribution in [-0.2, 0) is 4.79 Å². The Kier molecular flexibility index (Phi) is 6.68. The molecule has 3 heterocycles. The van der Waals surface area contributed by atoms with E-state index in [1.54, 1.807) is 24.4 Å². The number of nitrogens with zero attached hydrogens (tertiary/aromatic N) is 1. The Morgan fingerprint density at radius 2 is 1.87 bits per heavy atom. The summed E-state index contributed by atoms with van der Waals surface area (Å²) in [5.41, 5.74) is 5.69. The summed E-state index contributed by atoms with van der Waals surface area (Å²) in [6.45, 7) is 0.144. The van der Waals surface area contributed by atoms with Gasteiger partial charge in [-0.25, -0.2) is 13.5 Å². The first-order chi connectivity index (χ1) is 18.4. The number of benzene rings is 2. The molecule has 0 fully saturated rings. The van der Waals surface area contributed by atoms with E-state index < -0.39 is 23.1 Å². The lowest BCUT2D eigenvalue weighted by Crippen LogP contribution is -2.35. The lowest BCUT2D eigenvalue weighted by Gasteiger charge is -2.11. The first kappa shape index (κ1) is 24.4. The number of aromatic nitrogens is 2. The average Bonchev–Trinajstić information content (AvgIpc) is 3.53. The van der Waals surface area contributed by atoms with Crippen LogP contribution in [0.3, 0.4) is 0 Å². The van der Waals surface area contributed by atoms with Gasteiger partial charge in [0.15, 0.2) is 11.6 Å². The van der Waals surface area contributed by atoms with Crippen molar-refractivity contribution in [1.82, 2.24) is 15.0 Å². The molecule has 1 aliphatic rings. The molecule has 38 heavy (non-hydrogen) atoms. The van der Waals surface area contributed by atoms with Crippen molar-refractivity contribution in [3.05, 3.63) is 124 Å².